The molecule has 0 amide bonds. The number of pyridine rings is 1. The number of hydrogen-bond acceptors (Lipinski definition) is 7. The van der Waals surface area contributed by atoms with Crippen molar-refractivity contribution in [2.75, 3.05) is 13.1 Å². The van der Waals surface area contributed by atoms with Crippen molar-refractivity contribution in [2.24, 2.45) is 5.92 Å². The van der Waals surface area contributed by atoms with Crippen LogP contribution in [0.15, 0.2) is 46.3 Å². The lowest BCUT2D eigenvalue weighted by Crippen LogP contribution is -2.29. The number of aryl methyl sites for hydroxylation is 2. The lowest BCUT2D eigenvalue weighted by atomic mass is 9.98. The van der Waals surface area contributed by atoms with Crippen molar-refractivity contribution in [3.05, 3.63) is 54.1 Å². The van der Waals surface area contributed by atoms with Crippen molar-refractivity contribution in [1.82, 2.24) is 24.4 Å². The molecule has 0 radical (unpaired) electrons. The summed E-state index contributed by atoms with van der Waals surface area (Å²) in [6.07, 6.45) is 7.69. The molecule has 0 N–H and O–H groups in total. The predicted octanol–water partition coefficient (Wildman–Crippen LogP) is 2.40. The monoisotopic (exact) mass is 399 g/mol. The normalized spacial score (nSPS) is 17.9. The van der Waals surface area contributed by atoms with Crippen molar-refractivity contribution in [1.29, 1.82) is 0 Å². The zero-order valence-corrected chi connectivity index (χ0v) is 16.6. The number of hydrogen-bond donors (Lipinski definition) is 0. The minimum Gasteiger partial charge on any atom is -0.361 e. The fourth-order valence-corrected chi connectivity index (χ4v) is 5.15. The molecule has 0 aromatic carbocycles. The van der Waals surface area contributed by atoms with Crippen molar-refractivity contribution in [3.8, 4) is 11.3 Å². The molecule has 8 nitrogen and oxygen atoms in total. The van der Waals surface area contributed by atoms with E-state index in [4.69, 9.17) is 4.52 Å². The van der Waals surface area contributed by atoms with Crippen LogP contribution in [0.1, 0.15) is 23.6 Å². The van der Waals surface area contributed by atoms with Gasteiger partial charge in [0, 0.05) is 37.9 Å². The van der Waals surface area contributed by atoms with Gasteiger partial charge in [-0.1, -0.05) is 5.16 Å². The maximum absolute atomic E-state index is 12.8. The zero-order valence-electron chi connectivity index (χ0n) is 15.7. The summed E-state index contributed by atoms with van der Waals surface area (Å²) in [6.45, 7) is 4.67. The molecule has 28 heavy (non-hydrogen) atoms. The van der Waals surface area contributed by atoms with E-state index in [1.807, 2.05) is 13.8 Å². The van der Waals surface area contributed by atoms with Crippen molar-refractivity contribution in [3.63, 3.8) is 0 Å². The largest absolute Gasteiger partial charge is 0.361 e. The zero-order chi connectivity index (χ0) is 19.7. The molecule has 1 atom stereocenters. The third kappa shape index (κ3) is 3.43. The minimum atomic E-state index is -3.52. The molecular weight excluding hydrogens is 378 g/mol. The van der Waals surface area contributed by atoms with Crippen molar-refractivity contribution < 1.29 is 12.9 Å². The molecule has 3 aromatic heterocycles. The smallest absolute Gasteiger partial charge is 0.244 e. The summed E-state index contributed by atoms with van der Waals surface area (Å²) in [7, 11) is -3.52. The third-order valence-corrected chi connectivity index (χ3v) is 6.90. The Morgan fingerprint density at radius 3 is 2.75 bits per heavy atom. The highest BCUT2D eigenvalue weighted by Gasteiger charge is 2.33. The van der Waals surface area contributed by atoms with E-state index >= 15 is 0 Å². The molecule has 1 fully saturated rings. The van der Waals surface area contributed by atoms with E-state index < -0.39 is 10.0 Å². The highest BCUT2D eigenvalue weighted by atomic mass is 32.2. The summed E-state index contributed by atoms with van der Waals surface area (Å²) < 4.78 is 32.4. The van der Waals surface area contributed by atoms with Gasteiger partial charge < -0.3 is 4.52 Å². The van der Waals surface area contributed by atoms with E-state index in [9.17, 15) is 8.42 Å². The highest BCUT2D eigenvalue weighted by molar-refractivity contribution is 7.89. The number of nitrogens with zero attached hydrogens (tertiary/aromatic N) is 5. The Balaban J connectivity index is 1.55. The van der Waals surface area contributed by atoms with Gasteiger partial charge in [0.1, 0.15) is 10.7 Å². The summed E-state index contributed by atoms with van der Waals surface area (Å²) in [5.41, 5.74) is 3.22. The predicted molar refractivity (Wildman–Crippen MR) is 102 cm³/mol. The lowest BCUT2D eigenvalue weighted by molar-refractivity contribution is 0.393. The molecule has 0 aliphatic carbocycles. The van der Waals surface area contributed by atoms with Crippen molar-refractivity contribution >= 4 is 10.0 Å². The summed E-state index contributed by atoms with van der Waals surface area (Å²) in [4.78, 5) is 13.2. The van der Waals surface area contributed by atoms with Crippen LogP contribution in [0.2, 0.25) is 0 Å². The van der Waals surface area contributed by atoms with E-state index in [1.54, 1.807) is 30.7 Å². The van der Waals surface area contributed by atoms with Gasteiger partial charge in [-0.15, -0.1) is 0 Å². The molecule has 1 aliphatic rings. The Morgan fingerprint density at radius 2 is 2.04 bits per heavy atom. The quantitative estimate of drug-likeness (QED) is 0.649. The SMILES string of the molecule is Cc1noc(C)c1-c1nccnc1C[C@@H]1CCN(S(=O)(=O)c2cccnc2)C1. The second kappa shape index (κ2) is 7.40. The Labute approximate surface area is 163 Å². The van der Waals surface area contributed by atoms with Gasteiger partial charge in [-0.2, -0.15) is 4.31 Å². The van der Waals surface area contributed by atoms with Crippen LogP contribution in [0.3, 0.4) is 0 Å². The van der Waals surface area contributed by atoms with Gasteiger partial charge in [0.25, 0.3) is 0 Å². The molecule has 0 bridgehead atoms. The molecule has 1 aliphatic heterocycles. The molecule has 4 heterocycles. The van der Waals surface area contributed by atoms with Crippen LogP contribution in [0, 0.1) is 19.8 Å². The number of rotatable bonds is 5. The fourth-order valence-electron chi connectivity index (χ4n) is 3.65. The Morgan fingerprint density at radius 1 is 1.21 bits per heavy atom. The number of aromatic nitrogens is 4. The summed E-state index contributed by atoms with van der Waals surface area (Å²) >= 11 is 0. The van der Waals surface area contributed by atoms with Crippen LogP contribution >= 0.6 is 0 Å². The van der Waals surface area contributed by atoms with Crippen LogP contribution in [0.4, 0.5) is 0 Å². The average Bonchev–Trinajstić information content (AvgIpc) is 3.30. The first-order valence-corrected chi connectivity index (χ1v) is 10.5. The van der Waals surface area contributed by atoms with Crippen LogP contribution in [-0.2, 0) is 16.4 Å². The van der Waals surface area contributed by atoms with Gasteiger partial charge in [-0.3, -0.25) is 15.0 Å². The second-order valence-corrected chi connectivity index (χ2v) is 8.90. The topological polar surface area (TPSA) is 102 Å². The third-order valence-electron chi connectivity index (χ3n) is 5.05. The molecule has 1 saturated heterocycles. The van der Waals surface area contributed by atoms with Crippen molar-refractivity contribution in [2.45, 2.75) is 31.6 Å². The Kier molecular flexibility index (Phi) is 4.94. The molecule has 146 valence electrons. The summed E-state index contributed by atoms with van der Waals surface area (Å²) in [6, 6.07) is 3.21. The lowest BCUT2D eigenvalue weighted by Gasteiger charge is -2.16. The average molecular weight is 399 g/mol. The molecule has 0 saturated carbocycles. The maximum atomic E-state index is 12.8. The first kappa shape index (κ1) is 18.7. The fraction of sp³-hybridized carbons (Fsp3) is 0.368. The Hall–Kier alpha value is -2.65. The number of sulfonamides is 1. The molecule has 0 spiro atoms. The summed E-state index contributed by atoms with van der Waals surface area (Å²) in [5.74, 6) is 0.869. The molecule has 4 rings (SSSR count). The second-order valence-electron chi connectivity index (χ2n) is 6.96. The van der Waals surface area contributed by atoms with Gasteiger partial charge in [-0.05, 0) is 44.7 Å². The molecule has 3 aromatic rings. The van der Waals surface area contributed by atoms with Crippen LogP contribution in [0.25, 0.3) is 11.3 Å². The van der Waals surface area contributed by atoms with E-state index in [-0.39, 0.29) is 10.8 Å². The van der Waals surface area contributed by atoms with Gasteiger partial charge in [0.05, 0.1) is 22.6 Å². The van der Waals surface area contributed by atoms with Crippen LogP contribution in [-0.4, -0.2) is 45.9 Å². The van der Waals surface area contributed by atoms with E-state index in [0.29, 0.717) is 25.3 Å². The van der Waals surface area contributed by atoms with Crippen LogP contribution < -0.4 is 0 Å². The molecule has 0 unspecified atom stereocenters. The van der Waals surface area contributed by atoms with Gasteiger partial charge in [0.2, 0.25) is 10.0 Å². The molecular formula is C19H21N5O3S. The first-order chi connectivity index (χ1) is 13.5. The van der Waals surface area contributed by atoms with Gasteiger partial charge in [0.15, 0.2) is 0 Å². The first-order valence-electron chi connectivity index (χ1n) is 9.10. The van der Waals surface area contributed by atoms with E-state index in [2.05, 4.69) is 20.1 Å². The van der Waals surface area contributed by atoms with Crippen LogP contribution in [0.5, 0.6) is 0 Å². The highest BCUT2D eigenvalue weighted by Crippen LogP contribution is 2.31. The maximum Gasteiger partial charge on any atom is 0.244 e. The summed E-state index contributed by atoms with van der Waals surface area (Å²) in [5, 5.41) is 4.01. The minimum absolute atomic E-state index is 0.169. The standard InChI is InChI=1S/C19H21N5O3S/c1-13-18(14(2)27-23-13)19-17(21-7-8-22-19)10-15-5-9-24(12-15)28(25,26)16-4-3-6-20-11-16/h3-4,6-8,11,15H,5,9-10,12H2,1-2H3/t15-/m0/s1. The van der Waals surface area contributed by atoms with E-state index in [1.165, 1.54) is 10.5 Å². The molecule has 9 heteroatoms. The Bertz CT molecular complexity index is 1060. The van der Waals surface area contributed by atoms with E-state index in [0.717, 1.165) is 29.1 Å². The van der Waals surface area contributed by atoms with Gasteiger partial charge >= 0.3 is 0 Å². The van der Waals surface area contributed by atoms with Gasteiger partial charge in [-0.25, -0.2) is 8.42 Å².